The molecule has 0 spiro atoms. The normalized spacial score (nSPS) is 19.8. The average molecular weight is 343 g/mol. The van der Waals surface area contributed by atoms with Crippen molar-refractivity contribution in [2.24, 2.45) is 0 Å². The molecule has 1 fully saturated rings. The molecule has 1 aliphatic rings. The van der Waals surface area contributed by atoms with Gasteiger partial charge in [0.1, 0.15) is 0 Å². The van der Waals surface area contributed by atoms with Crippen LogP contribution in [0.2, 0.25) is 0 Å². The van der Waals surface area contributed by atoms with E-state index in [1.54, 1.807) is 0 Å². The van der Waals surface area contributed by atoms with Crippen LogP contribution in [-0.4, -0.2) is 36.5 Å². The van der Waals surface area contributed by atoms with E-state index in [-0.39, 0.29) is 18.8 Å². The lowest BCUT2D eigenvalue weighted by Crippen LogP contribution is -2.36. The van der Waals surface area contributed by atoms with Gasteiger partial charge in [-0.1, -0.05) is 30.3 Å². The molecule has 7 heteroatoms. The summed E-state index contributed by atoms with van der Waals surface area (Å²) in [6.45, 7) is 0.454. The first kappa shape index (κ1) is 16.9. The third-order valence-corrected chi connectivity index (χ3v) is 3.59. The average Bonchev–Trinajstić information content (AvgIpc) is 2.63. The number of nitrogens with one attached hydrogen (secondary N) is 1. The smallest absolute Gasteiger partial charge is 0.412 e. The summed E-state index contributed by atoms with van der Waals surface area (Å²) in [6, 6.07) is 15.3. The van der Waals surface area contributed by atoms with Gasteiger partial charge in [-0.3, -0.25) is 5.32 Å². The summed E-state index contributed by atoms with van der Waals surface area (Å²) >= 11 is 0. The molecule has 2 aromatic carbocycles. The second-order valence-corrected chi connectivity index (χ2v) is 5.44. The van der Waals surface area contributed by atoms with Crippen molar-refractivity contribution in [3.63, 3.8) is 0 Å². The van der Waals surface area contributed by atoms with Crippen LogP contribution >= 0.6 is 0 Å². The van der Waals surface area contributed by atoms with Gasteiger partial charge < -0.3 is 19.3 Å². The molecular weight excluding hydrogens is 326 g/mol. The number of benzene rings is 2. The number of carbonyl (C=O) groups is 2. The largest absolute Gasteiger partial charge is 0.478 e. The van der Waals surface area contributed by atoms with Gasteiger partial charge >= 0.3 is 12.1 Å². The maximum absolute atomic E-state index is 11.9. The molecular formula is C18H17NO6. The molecule has 0 saturated carbocycles. The summed E-state index contributed by atoms with van der Waals surface area (Å²) < 4.78 is 16.4. The Labute approximate surface area is 144 Å². The van der Waals surface area contributed by atoms with E-state index in [0.29, 0.717) is 5.69 Å². The minimum absolute atomic E-state index is 0.139. The van der Waals surface area contributed by atoms with Gasteiger partial charge in [-0.05, 0) is 24.3 Å². The highest BCUT2D eigenvalue weighted by atomic mass is 16.7. The van der Waals surface area contributed by atoms with Crippen molar-refractivity contribution in [2.75, 3.05) is 18.5 Å². The molecule has 25 heavy (non-hydrogen) atoms. The zero-order valence-electron chi connectivity index (χ0n) is 13.3. The Morgan fingerprint density at radius 1 is 1.00 bits per heavy atom. The third kappa shape index (κ3) is 4.56. The van der Waals surface area contributed by atoms with Crippen molar-refractivity contribution in [1.82, 2.24) is 0 Å². The molecule has 0 aliphatic carbocycles. The molecule has 2 aromatic rings. The van der Waals surface area contributed by atoms with Crippen molar-refractivity contribution < 1.29 is 28.9 Å². The van der Waals surface area contributed by atoms with E-state index in [4.69, 9.17) is 19.3 Å². The number of carboxylic acids is 1. The molecule has 1 aliphatic heterocycles. The third-order valence-electron chi connectivity index (χ3n) is 3.59. The zero-order valence-corrected chi connectivity index (χ0v) is 13.3. The Hall–Kier alpha value is -2.90. The Morgan fingerprint density at radius 2 is 1.64 bits per heavy atom. The summed E-state index contributed by atoms with van der Waals surface area (Å²) in [5.41, 5.74) is 1.48. The molecule has 0 aromatic heterocycles. The molecule has 1 heterocycles. The fraction of sp³-hybridized carbons (Fsp3) is 0.222. The van der Waals surface area contributed by atoms with Crippen molar-refractivity contribution in [3.8, 4) is 0 Å². The topological polar surface area (TPSA) is 94.1 Å². The number of amides is 1. The number of aromatic carboxylic acids is 1. The SMILES string of the molecule is O=C(Nc1ccc(C(=O)O)cc1)OC1COC(c2ccccc2)OC1. The van der Waals surface area contributed by atoms with Crippen LogP contribution in [0.1, 0.15) is 22.2 Å². The number of carbonyl (C=O) groups excluding carboxylic acids is 1. The predicted molar refractivity (Wildman–Crippen MR) is 88.4 cm³/mol. The van der Waals surface area contributed by atoms with E-state index < -0.39 is 24.5 Å². The number of anilines is 1. The fourth-order valence-electron chi connectivity index (χ4n) is 2.35. The lowest BCUT2D eigenvalue weighted by atomic mass is 10.2. The van der Waals surface area contributed by atoms with Gasteiger partial charge in [0.15, 0.2) is 12.4 Å². The summed E-state index contributed by atoms with van der Waals surface area (Å²) in [6.07, 6.45) is -1.63. The van der Waals surface area contributed by atoms with Crippen molar-refractivity contribution >= 4 is 17.7 Å². The van der Waals surface area contributed by atoms with Crippen LogP contribution < -0.4 is 5.32 Å². The maximum Gasteiger partial charge on any atom is 0.412 e. The van der Waals surface area contributed by atoms with Crippen LogP contribution in [0, 0.1) is 0 Å². The number of hydrogen-bond acceptors (Lipinski definition) is 5. The van der Waals surface area contributed by atoms with Gasteiger partial charge in [0, 0.05) is 11.3 Å². The van der Waals surface area contributed by atoms with E-state index in [9.17, 15) is 9.59 Å². The molecule has 1 amide bonds. The number of carboxylic acid groups (broad SMARTS) is 1. The number of rotatable bonds is 4. The van der Waals surface area contributed by atoms with Gasteiger partial charge in [-0.25, -0.2) is 9.59 Å². The van der Waals surface area contributed by atoms with Gasteiger partial charge in [-0.2, -0.15) is 0 Å². The van der Waals surface area contributed by atoms with Crippen LogP contribution in [0.15, 0.2) is 54.6 Å². The van der Waals surface area contributed by atoms with Crippen molar-refractivity contribution in [1.29, 1.82) is 0 Å². The van der Waals surface area contributed by atoms with Crippen LogP contribution in [0.3, 0.4) is 0 Å². The highest BCUT2D eigenvalue weighted by molar-refractivity contribution is 5.89. The summed E-state index contributed by atoms with van der Waals surface area (Å²) in [7, 11) is 0. The summed E-state index contributed by atoms with van der Waals surface area (Å²) in [4.78, 5) is 22.7. The van der Waals surface area contributed by atoms with E-state index >= 15 is 0 Å². The van der Waals surface area contributed by atoms with Gasteiger partial charge in [0.25, 0.3) is 0 Å². The maximum atomic E-state index is 11.9. The van der Waals surface area contributed by atoms with Crippen LogP contribution in [-0.2, 0) is 14.2 Å². The van der Waals surface area contributed by atoms with Crippen LogP contribution in [0.25, 0.3) is 0 Å². The monoisotopic (exact) mass is 343 g/mol. The van der Waals surface area contributed by atoms with Gasteiger partial charge in [0.05, 0.1) is 18.8 Å². The highest BCUT2D eigenvalue weighted by Gasteiger charge is 2.26. The standard InChI is InChI=1S/C18H17NO6/c20-16(21)12-6-8-14(9-7-12)19-18(22)25-15-10-23-17(24-11-15)13-4-2-1-3-5-13/h1-9,15,17H,10-11H2,(H,19,22)(H,20,21). The van der Waals surface area contributed by atoms with Gasteiger partial charge in [-0.15, -0.1) is 0 Å². The zero-order chi connectivity index (χ0) is 17.6. The first-order valence-electron chi connectivity index (χ1n) is 7.71. The first-order chi connectivity index (χ1) is 12.1. The fourth-order valence-corrected chi connectivity index (χ4v) is 2.35. The van der Waals surface area contributed by atoms with Crippen molar-refractivity contribution in [3.05, 3.63) is 65.7 Å². The Morgan fingerprint density at radius 3 is 2.24 bits per heavy atom. The molecule has 0 radical (unpaired) electrons. The lowest BCUT2D eigenvalue weighted by Gasteiger charge is -2.29. The quantitative estimate of drug-likeness (QED) is 0.886. The molecule has 2 N–H and O–H groups in total. The summed E-state index contributed by atoms with van der Waals surface area (Å²) in [5.74, 6) is -1.03. The van der Waals surface area contributed by atoms with Gasteiger partial charge in [0.2, 0.25) is 0 Å². The Balaban J connectivity index is 1.47. The molecule has 7 nitrogen and oxygen atoms in total. The van der Waals surface area contributed by atoms with E-state index in [2.05, 4.69) is 5.32 Å². The molecule has 1 saturated heterocycles. The van der Waals surface area contributed by atoms with Crippen molar-refractivity contribution in [2.45, 2.75) is 12.4 Å². The molecule has 130 valence electrons. The second-order valence-electron chi connectivity index (χ2n) is 5.44. The number of hydrogen-bond donors (Lipinski definition) is 2. The van der Waals surface area contributed by atoms with E-state index in [1.165, 1.54) is 24.3 Å². The number of ether oxygens (including phenoxy) is 3. The predicted octanol–water partition coefficient (Wildman–Crippen LogP) is 3.05. The van der Waals surface area contributed by atoms with E-state index in [0.717, 1.165) is 5.56 Å². The highest BCUT2D eigenvalue weighted by Crippen LogP contribution is 2.23. The Bertz CT molecular complexity index is 723. The second kappa shape index (κ2) is 7.78. The first-order valence-corrected chi connectivity index (χ1v) is 7.71. The minimum atomic E-state index is -1.03. The van der Waals surface area contributed by atoms with Crippen LogP contribution in [0.5, 0.6) is 0 Å². The molecule has 0 unspecified atom stereocenters. The molecule has 3 rings (SSSR count). The molecule has 0 atom stereocenters. The Kier molecular flexibility index (Phi) is 5.27. The lowest BCUT2D eigenvalue weighted by molar-refractivity contribution is -0.219. The van der Waals surface area contributed by atoms with Crippen LogP contribution in [0.4, 0.5) is 10.5 Å². The minimum Gasteiger partial charge on any atom is -0.478 e. The molecule has 0 bridgehead atoms. The van der Waals surface area contributed by atoms with E-state index in [1.807, 2.05) is 30.3 Å². The summed E-state index contributed by atoms with van der Waals surface area (Å²) in [5, 5.41) is 11.4.